The van der Waals surface area contributed by atoms with E-state index in [4.69, 9.17) is 29.4 Å². The third kappa shape index (κ3) is 17.9. The van der Waals surface area contributed by atoms with Gasteiger partial charge in [-0.15, -0.1) is 0 Å². The lowest BCUT2D eigenvalue weighted by atomic mass is 10.0. The molecule has 0 aliphatic carbocycles. The van der Waals surface area contributed by atoms with Crippen molar-refractivity contribution in [3.63, 3.8) is 0 Å². The molecule has 0 unspecified atom stereocenters. The van der Waals surface area contributed by atoms with Gasteiger partial charge >= 0.3 is 0 Å². The van der Waals surface area contributed by atoms with Crippen molar-refractivity contribution in [3.8, 4) is 11.8 Å². The lowest BCUT2D eigenvalue weighted by Gasteiger charge is -2.26. The molecule has 0 fully saturated rings. The highest BCUT2D eigenvalue weighted by molar-refractivity contribution is 5.97. The molecule has 1 heterocycles. The quantitative estimate of drug-likeness (QED) is 0.0598. The van der Waals surface area contributed by atoms with Gasteiger partial charge < -0.3 is 55.6 Å². The first-order valence-corrected chi connectivity index (χ1v) is 17.5. The molecule has 0 bridgehead atoms. The molecule has 5 amide bonds. The SMILES string of the molecule is NCC(=O)NCC(=O)NCC(=O)NCCOCCOCCOCCOCCOCCNC(=O)CCC(=O)N1Cc2ccccc2C#Cc2ccccc21. The summed E-state index contributed by atoms with van der Waals surface area (Å²) in [5.41, 5.74) is 8.48. The molecule has 0 radical (unpaired) electrons. The van der Waals surface area contributed by atoms with E-state index in [0.717, 1.165) is 22.4 Å². The zero-order valence-corrected chi connectivity index (χ0v) is 30.0. The number of anilines is 1. The molecule has 16 nitrogen and oxygen atoms in total. The van der Waals surface area contributed by atoms with Crippen LogP contribution in [0.4, 0.5) is 5.69 Å². The first-order valence-electron chi connectivity index (χ1n) is 17.5. The Morgan fingerprint density at radius 2 is 1.04 bits per heavy atom. The Bertz CT molecular complexity index is 1530. The molecule has 3 rings (SSSR count). The van der Waals surface area contributed by atoms with E-state index < -0.39 is 11.8 Å². The van der Waals surface area contributed by atoms with Crippen LogP contribution in [0.25, 0.3) is 0 Å². The largest absolute Gasteiger partial charge is 0.377 e. The topological polar surface area (TPSA) is 209 Å². The number of amides is 5. The minimum atomic E-state index is -0.494. The Kier molecular flexibility index (Phi) is 20.8. The number of benzene rings is 2. The fourth-order valence-corrected chi connectivity index (χ4v) is 4.71. The molecule has 2 aromatic rings. The van der Waals surface area contributed by atoms with Crippen LogP contribution in [0.3, 0.4) is 0 Å². The van der Waals surface area contributed by atoms with Gasteiger partial charge in [0.05, 0.1) is 97.9 Å². The van der Waals surface area contributed by atoms with Gasteiger partial charge in [-0.1, -0.05) is 42.2 Å². The van der Waals surface area contributed by atoms with Crippen LogP contribution in [0.5, 0.6) is 0 Å². The van der Waals surface area contributed by atoms with Crippen LogP contribution < -0.4 is 31.9 Å². The van der Waals surface area contributed by atoms with E-state index in [0.29, 0.717) is 72.6 Å². The molecule has 16 heteroatoms. The number of rotatable bonds is 26. The average molecular weight is 739 g/mol. The Balaban J connectivity index is 1.08. The van der Waals surface area contributed by atoms with Crippen molar-refractivity contribution in [2.24, 2.45) is 5.73 Å². The molecule has 0 saturated carbocycles. The predicted molar refractivity (Wildman–Crippen MR) is 194 cm³/mol. The standard InChI is InChI=1S/C37H50N6O10/c38-25-34(45)41-27-36(47)42-26-35(46)40-14-16-50-18-20-52-22-24-53-23-21-51-19-17-49-15-13-39-33(44)11-12-37(48)43-28-31-7-2-1-5-29(31)9-10-30-6-3-4-8-32(30)43/h1-8H,11-28,38H2,(H,39,44)(H,40,46)(H,41,45)(H,42,47). The maximum atomic E-state index is 13.3. The molecule has 53 heavy (non-hydrogen) atoms. The first kappa shape index (κ1) is 42.5. The molecule has 1 aliphatic rings. The lowest BCUT2D eigenvalue weighted by molar-refractivity contribution is -0.127. The third-order valence-electron chi connectivity index (χ3n) is 7.44. The average Bonchev–Trinajstić information content (AvgIpc) is 3.16. The second-order valence-electron chi connectivity index (χ2n) is 11.4. The van der Waals surface area contributed by atoms with Crippen LogP contribution in [0.2, 0.25) is 0 Å². The van der Waals surface area contributed by atoms with Gasteiger partial charge in [-0.3, -0.25) is 24.0 Å². The Morgan fingerprint density at radius 1 is 0.566 bits per heavy atom. The van der Waals surface area contributed by atoms with Gasteiger partial charge in [0.1, 0.15) is 0 Å². The number of hydrogen-bond acceptors (Lipinski definition) is 11. The molecule has 0 aromatic heterocycles. The van der Waals surface area contributed by atoms with Crippen LogP contribution in [-0.4, -0.2) is 128 Å². The van der Waals surface area contributed by atoms with E-state index in [-0.39, 0.29) is 63.3 Å². The zero-order chi connectivity index (χ0) is 37.9. The number of para-hydroxylation sites is 1. The van der Waals surface area contributed by atoms with E-state index >= 15 is 0 Å². The zero-order valence-electron chi connectivity index (χ0n) is 30.0. The number of nitrogens with two attached hydrogens (primary N) is 1. The van der Waals surface area contributed by atoms with Crippen LogP contribution in [0, 0.1) is 11.8 Å². The van der Waals surface area contributed by atoms with Gasteiger partial charge in [0, 0.05) is 37.1 Å². The molecule has 0 saturated heterocycles. The highest BCUT2D eigenvalue weighted by Gasteiger charge is 2.21. The van der Waals surface area contributed by atoms with Crippen LogP contribution in [0.1, 0.15) is 29.5 Å². The van der Waals surface area contributed by atoms with Gasteiger partial charge in [-0.05, 0) is 23.8 Å². The number of nitrogens with one attached hydrogen (secondary N) is 4. The van der Waals surface area contributed by atoms with Crippen LogP contribution in [-0.2, 0) is 54.2 Å². The second kappa shape index (κ2) is 26.0. The normalized spacial score (nSPS) is 11.5. The first-order chi connectivity index (χ1) is 25.9. The van der Waals surface area contributed by atoms with E-state index in [2.05, 4.69) is 33.1 Å². The van der Waals surface area contributed by atoms with Gasteiger partial charge in [0.15, 0.2) is 0 Å². The monoisotopic (exact) mass is 738 g/mol. The third-order valence-corrected chi connectivity index (χ3v) is 7.44. The maximum absolute atomic E-state index is 13.3. The van der Waals surface area contributed by atoms with Crippen molar-refractivity contribution in [2.45, 2.75) is 19.4 Å². The van der Waals surface area contributed by atoms with E-state index in [1.165, 1.54) is 0 Å². The summed E-state index contributed by atoms with van der Waals surface area (Å²) < 4.78 is 27.2. The Morgan fingerprint density at radius 3 is 1.64 bits per heavy atom. The summed E-state index contributed by atoms with van der Waals surface area (Å²) in [5, 5.41) is 10.1. The Labute approximate surface area is 309 Å². The number of fused-ring (bicyclic) bond motifs is 2. The minimum absolute atomic E-state index is 0.0699. The van der Waals surface area contributed by atoms with Crippen molar-refractivity contribution in [1.82, 2.24) is 21.3 Å². The number of ether oxygens (including phenoxy) is 5. The number of carbonyl (C=O) groups excluding carboxylic acids is 5. The number of hydrogen-bond donors (Lipinski definition) is 5. The van der Waals surface area contributed by atoms with Crippen molar-refractivity contribution in [3.05, 3.63) is 65.2 Å². The second-order valence-corrected chi connectivity index (χ2v) is 11.4. The predicted octanol–water partition coefficient (Wildman–Crippen LogP) is -0.780. The van der Waals surface area contributed by atoms with Gasteiger partial charge in [0.2, 0.25) is 29.5 Å². The molecule has 6 N–H and O–H groups in total. The van der Waals surface area contributed by atoms with Crippen LogP contribution >= 0.6 is 0 Å². The smallest absolute Gasteiger partial charge is 0.239 e. The number of carbonyl (C=O) groups is 5. The molecular formula is C37H50N6O10. The van der Waals surface area contributed by atoms with Crippen LogP contribution in [0.15, 0.2) is 48.5 Å². The van der Waals surface area contributed by atoms with Crippen molar-refractivity contribution < 1.29 is 47.7 Å². The van der Waals surface area contributed by atoms with Crippen molar-refractivity contribution in [2.75, 3.05) is 104 Å². The van der Waals surface area contributed by atoms with Gasteiger partial charge in [-0.25, -0.2) is 0 Å². The van der Waals surface area contributed by atoms with Gasteiger partial charge in [-0.2, -0.15) is 0 Å². The summed E-state index contributed by atoms with van der Waals surface area (Å²) in [4.78, 5) is 61.6. The maximum Gasteiger partial charge on any atom is 0.239 e. The molecular weight excluding hydrogens is 688 g/mol. The highest BCUT2D eigenvalue weighted by atomic mass is 16.6. The fourth-order valence-electron chi connectivity index (χ4n) is 4.71. The van der Waals surface area contributed by atoms with E-state index in [9.17, 15) is 24.0 Å². The van der Waals surface area contributed by atoms with E-state index in [1.54, 1.807) is 4.90 Å². The van der Waals surface area contributed by atoms with Gasteiger partial charge in [0.25, 0.3) is 0 Å². The summed E-state index contributed by atoms with van der Waals surface area (Å²) in [7, 11) is 0. The van der Waals surface area contributed by atoms with Crippen molar-refractivity contribution >= 4 is 35.2 Å². The highest BCUT2D eigenvalue weighted by Crippen LogP contribution is 2.26. The molecule has 0 atom stereocenters. The summed E-state index contributed by atoms with van der Waals surface area (Å²) in [6.45, 7) is 3.98. The summed E-state index contributed by atoms with van der Waals surface area (Å²) in [5.74, 6) is 4.68. The summed E-state index contributed by atoms with van der Waals surface area (Å²) in [6, 6.07) is 15.3. The fraction of sp³-hybridized carbons (Fsp3) is 0.486. The minimum Gasteiger partial charge on any atom is -0.377 e. The molecule has 1 aliphatic heterocycles. The lowest BCUT2D eigenvalue weighted by Crippen LogP contribution is -2.43. The summed E-state index contributed by atoms with van der Waals surface area (Å²) in [6.07, 6.45) is 0.143. The van der Waals surface area contributed by atoms with Crippen molar-refractivity contribution in [1.29, 1.82) is 0 Å². The molecule has 0 spiro atoms. The Hall–Kier alpha value is -4.89. The molecule has 2 aromatic carbocycles. The van der Waals surface area contributed by atoms with E-state index in [1.807, 2.05) is 48.5 Å². The molecule has 288 valence electrons. The number of nitrogens with zero attached hydrogens (tertiary/aromatic N) is 1. The summed E-state index contributed by atoms with van der Waals surface area (Å²) >= 11 is 0.